The first-order valence-corrected chi connectivity index (χ1v) is 8.99. The van der Waals surface area contributed by atoms with Crippen molar-refractivity contribution in [2.24, 2.45) is 0 Å². The lowest BCUT2D eigenvalue weighted by atomic mass is 10.1. The Morgan fingerprint density at radius 3 is 2.73 bits per heavy atom. The molecule has 0 spiro atoms. The number of aryl methyl sites for hydroxylation is 3. The fourth-order valence-corrected chi connectivity index (χ4v) is 3.21. The first-order valence-electron chi connectivity index (χ1n) is 8.24. The molecule has 0 saturated carbocycles. The number of hydrogen-bond acceptors (Lipinski definition) is 3. The maximum absolute atomic E-state index is 12.3. The molecule has 0 radical (unpaired) electrons. The Hall–Kier alpha value is -2.31. The lowest BCUT2D eigenvalue weighted by Gasteiger charge is -2.05. The lowest BCUT2D eigenvalue weighted by molar-refractivity contribution is 0.0947. The Morgan fingerprint density at radius 1 is 1.23 bits per heavy atom. The van der Waals surface area contributed by atoms with Crippen molar-refractivity contribution in [1.29, 1.82) is 0 Å². The molecular weight excluding hydrogens is 373 g/mol. The zero-order valence-corrected chi connectivity index (χ0v) is 16.0. The molecule has 1 amide bonds. The summed E-state index contributed by atoms with van der Waals surface area (Å²) in [5.74, 6) is -0.206. The van der Waals surface area contributed by atoms with Crippen LogP contribution >= 0.6 is 23.2 Å². The van der Waals surface area contributed by atoms with Gasteiger partial charge in [-0.3, -0.25) is 14.6 Å². The number of carbonyl (C=O) groups excluding carboxylic acids is 1. The number of halogens is 2. The zero-order chi connectivity index (χ0) is 18.7. The van der Waals surface area contributed by atoms with E-state index in [-0.39, 0.29) is 5.91 Å². The quantitative estimate of drug-likeness (QED) is 0.623. The van der Waals surface area contributed by atoms with Gasteiger partial charge in [0.15, 0.2) is 0 Å². The predicted octanol–water partition coefficient (Wildman–Crippen LogP) is 4.02. The highest BCUT2D eigenvalue weighted by Gasteiger charge is 2.13. The highest BCUT2D eigenvalue weighted by Crippen LogP contribution is 2.29. The summed E-state index contributed by atoms with van der Waals surface area (Å²) in [5.41, 5.74) is 3.82. The van der Waals surface area contributed by atoms with Crippen molar-refractivity contribution in [2.45, 2.75) is 26.8 Å². The maximum atomic E-state index is 12.3. The van der Waals surface area contributed by atoms with Crippen LogP contribution in [0.3, 0.4) is 0 Å². The van der Waals surface area contributed by atoms with Crippen molar-refractivity contribution in [3.05, 3.63) is 57.5 Å². The van der Waals surface area contributed by atoms with E-state index in [2.05, 4.69) is 20.6 Å². The number of benzene rings is 1. The molecule has 3 rings (SSSR count). The summed E-state index contributed by atoms with van der Waals surface area (Å²) in [5, 5.41) is 15.2. The van der Waals surface area contributed by atoms with Gasteiger partial charge in [-0.1, -0.05) is 23.2 Å². The van der Waals surface area contributed by atoms with E-state index in [1.54, 1.807) is 24.3 Å². The topological polar surface area (TPSA) is 75.6 Å². The molecular formula is C18H19Cl2N5O. The number of hydrogen-bond donors (Lipinski definition) is 2. The highest BCUT2D eigenvalue weighted by molar-refractivity contribution is 6.36. The Balaban J connectivity index is 1.55. The van der Waals surface area contributed by atoms with Gasteiger partial charge in [-0.05, 0) is 50.6 Å². The Morgan fingerprint density at radius 2 is 2.04 bits per heavy atom. The molecule has 0 unspecified atom stereocenters. The van der Waals surface area contributed by atoms with E-state index in [0.717, 1.165) is 29.9 Å². The van der Waals surface area contributed by atoms with Crippen molar-refractivity contribution in [1.82, 2.24) is 25.3 Å². The standard InChI is InChI=1S/C18H19Cl2N5O/c1-11-8-12(2)25(24-11)7-3-6-21-18(26)17-10-16(22-23-17)14-5-4-13(19)9-15(14)20/h4-5,8-10H,3,6-7H2,1-2H3,(H,21,26)(H,22,23). The fourth-order valence-electron chi connectivity index (χ4n) is 2.70. The van der Waals surface area contributed by atoms with Gasteiger partial charge >= 0.3 is 0 Å². The summed E-state index contributed by atoms with van der Waals surface area (Å²) in [6, 6.07) is 8.86. The largest absolute Gasteiger partial charge is 0.351 e. The van der Waals surface area contributed by atoms with Crippen molar-refractivity contribution < 1.29 is 4.79 Å². The Kier molecular flexibility index (Phi) is 5.64. The van der Waals surface area contributed by atoms with Gasteiger partial charge in [0, 0.05) is 29.4 Å². The number of nitrogens with zero attached hydrogens (tertiary/aromatic N) is 3. The van der Waals surface area contributed by atoms with Gasteiger partial charge in [0.05, 0.1) is 16.4 Å². The van der Waals surface area contributed by atoms with Gasteiger partial charge < -0.3 is 5.32 Å². The van der Waals surface area contributed by atoms with E-state index in [1.807, 2.05) is 24.6 Å². The molecule has 1 aromatic carbocycles. The molecule has 136 valence electrons. The molecule has 0 aliphatic heterocycles. The van der Waals surface area contributed by atoms with Crippen LogP contribution in [-0.2, 0) is 6.54 Å². The summed E-state index contributed by atoms with van der Waals surface area (Å²) in [4.78, 5) is 12.3. The average molecular weight is 392 g/mol. The van der Waals surface area contributed by atoms with Gasteiger partial charge in [0.1, 0.15) is 5.69 Å². The molecule has 0 aliphatic rings. The summed E-state index contributed by atoms with van der Waals surface area (Å²) in [7, 11) is 0. The summed E-state index contributed by atoms with van der Waals surface area (Å²) >= 11 is 12.1. The summed E-state index contributed by atoms with van der Waals surface area (Å²) in [6.45, 7) is 5.29. The van der Waals surface area contributed by atoms with Crippen LogP contribution < -0.4 is 5.32 Å². The number of nitrogens with one attached hydrogen (secondary N) is 2. The molecule has 26 heavy (non-hydrogen) atoms. The van der Waals surface area contributed by atoms with E-state index in [0.29, 0.717) is 28.0 Å². The van der Waals surface area contributed by atoms with E-state index in [1.165, 1.54) is 0 Å². The molecule has 0 saturated heterocycles. The van der Waals surface area contributed by atoms with Gasteiger partial charge in [-0.15, -0.1) is 0 Å². The van der Waals surface area contributed by atoms with E-state index in [4.69, 9.17) is 23.2 Å². The third kappa shape index (κ3) is 4.26. The molecule has 3 aromatic rings. The second-order valence-corrected chi connectivity index (χ2v) is 6.89. The normalized spacial score (nSPS) is 10.9. The van der Waals surface area contributed by atoms with E-state index < -0.39 is 0 Å². The molecule has 8 heteroatoms. The second kappa shape index (κ2) is 7.93. The Labute approximate surface area is 161 Å². The van der Waals surface area contributed by atoms with Crippen LogP contribution in [0.5, 0.6) is 0 Å². The van der Waals surface area contributed by atoms with Crippen LogP contribution in [0.2, 0.25) is 10.0 Å². The second-order valence-electron chi connectivity index (χ2n) is 6.05. The van der Waals surface area contributed by atoms with Crippen molar-refractivity contribution in [3.63, 3.8) is 0 Å². The third-order valence-corrected chi connectivity index (χ3v) is 4.51. The summed E-state index contributed by atoms with van der Waals surface area (Å²) in [6.07, 6.45) is 0.789. The number of aromatic nitrogens is 4. The smallest absolute Gasteiger partial charge is 0.269 e. The minimum Gasteiger partial charge on any atom is -0.351 e. The predicted molar refractivity (Wildman–Crippen MR) is 103 cm³/mol. The van der Waals surface area contributed by atoms with E-state index >= 15 is 0 Å². The third-order valence-electron chi connectivity index (χ3n) is 3.97. The first kappa shape index (κ1) is 18.5. The van der Waals surface area contributed by atoms with Crippen molar-refractivity contribution in [2.75, 3.05) is 6.54 Å². The number of amides is 1. The fraction of sp³-hybridized carbons (Fsp3) is 0.278. The van der Waals surface area contributed by atoms with Crippen molar-refractivity contribution in [3.8, 4) is 11.3 Å². The minimum absolute atomic E-state index is 0.206. The SMILES string of the molecule is Cc1cc(C)n(CCCNC(=O)c2cc(-c3ccc(Cl)cc3Cl)n[nH]2)n1. The number of aromatic amines is 1. The van der Waals surface area contributed by atoms with Crippen LogP contribution in [0.15, 0.2) is 30.3 Å². The van der Waals surface area contributed by atoms with Gasteiger partial charge in [-0.2, -0.15) is 10.2 Å². The number of H-pyrrole nitrogens is 1. The highest BCUT2D eigenvalue weighted by atomic mass is 35.5. The lowest BCUT2D eigenvalue weighted by Crippen LogP contribution is -2.25. The summed E-state index contributed by atoms with van der Waals surface area (Å²) < 4.78 is 1.94. The van der Waals surface area contributed by atoms with E-state index in [9.17, 15) is 4.79 Å². The van der Waals surface area contributed by atoms with Crippen molar-refractivity contribution >= 4 is 29.1 Å². The Bertz CT molecular complexity index is 932. The molecule has 0 fully saturated rings. The van der Waals surface area contributed by atoms with Crippen LogP contribution in [0.1, 0.15) is 28.3 Å². The maximum Gasteiger partial charge on any atom is 0.269 e. The molecule has 0 atom stereocenters. The van der Waals surface area contributed by atoms with Crippen LogP contribution in [-0.4, -0.2) is 32.4 Å². The monoisotopic (exact) mass is 391 g/mol. The van der Waals surface area contributed by atoms with Crippen LogP contribution in [0, 0.1) is 13.8 Å². The average Bonchev–Trinajstić information content (AvgIpc) is 3.18. The molecule has 2 heterocycles. The van der Waals surface area contributed by atoms with Crippen LogP contribution in [0.25, 0.3) is 11.3 Å². The zero-order valence-electron chi connectivity index (χ0n) is 14.5. The molecule has 0 aliphatic carbocycles. The minimum atomic E-state index is -0.206. The molecule has 2 aromatic heterocycles. The van der Waals surface area contributed by atoms with Gasteiger partial charge in [0.25, 0.3) is 5.91 Å². The van der Waals surface area contributed by atoms with Crippen LogP contribution in [0.4, 0.5) is 0 Å². The molecule has 2 N–H and O–H groups in total. The molecule has 0 bridgehead atoms. The van der Waals surface area contributed by atoms with Gasteiger partial charge in [-0.25, -0.2) is 0 Å². The number of rotatable bonds is 6. The number of carbonyl (C=O) groups is 1. The first-order chi connectivity index (χ1) is 12.4. The molecule has 6 nitrogen and oxygen atoms in total. The van der Waals surface area contributed by atoms with Gasteiger partial charge in [0.2, 0.25) is 0 Å².